The van der Waals surface area contributed by atoms with Gasteiger partial charge in [0.05, 0.1) is 0 Å². The fourth-order valence-electron chi connectivity index (χ4n) is 3.86. The molecule has 0 saturated heterocycles. The molecule has 3 heteroatoms. The first-order valence-corrected chi connectivity index (χ1v) is 8.44. The van der Waals surface area contributed by atoms with Gasteiger partial charge in [-0.15, -0.1) is 0 Å². The fourth-order valence-corrected chi connectivity index (χ4v) is 3.86. The number of benzene rings is 3. The summed E-state index contributed by atoms with van der Waals surface area (Å²) in [7, 11) is 0. The molecule has 0 aliphatic carbocycles. The van der Waals surface area contributed by atoms with Crippen molar-refractivity contribution in [1.82, 2.24) is 0 Å². The Morgan fingerprint density at radius 1 is 0.708 bits per heavy atom. The Hall–Kier alpha value is -2.68. The normalized spacial score (nSPS) is 13.5. The molecule has 0 N–H and O–H groups in total. The van der Waals surface area contributed by atoms with E-state index >= 15 is 0 Å². The summed E-state index contributed by atoms with van der Waals surface area (Å²) in [6.07, 6.45) is 0. The molecule has 0 spiro atoms. The molecule has 0 unspecified atom stereocenters. The Bertz CT molecular complexity index is 951. The van der Waals surface area contributed by atoms with Crippen LogP contribution < -0.4 is 25.9 Å². The SMILES string of the molecule is CC(C)c1ccc2c3c1Oc1ccccc1B3c1ccccc1O2. The minimum atomic E-state index is 0.170. The Morgan fingerprint density at radius 2 is 1.33 bits per heavy atom. The summed E-state index contributed by atoms with van der Waals surface area (Å²) in [6.45, 7) is 4.58. The zero-order chi connectivity index (χ0) is 16.3. The van der Waals surface area contributed by atoms with Crippen LogP contribution in [0.25, 0.3) is 0 Å². The van der Waals surface area contributed by atoms with E-state index in [9.17, 15) is 0 Å². The molecule has 2 aliphatic rings. The molecule has 2 nitrogen and oxygen atoms in total. The highest BCUT2D eigenvalue weighted by molar-refractivity contribution is 6.98. The summed E-state index contributed by atoms with van der Waals surface area (Å²) in [4.78, 5) is 0. The lowest BCUT2D eigenvalue weighted by molar-refractivity contribution is 0.458. The molecule has 0 amide bonds. The van der Waals surface area contributed by atoms with Crippen LogP contribution >= 0.6 is 0 Å². The molecule has 0 radical (unpaired) electrons. The maximum Gasteiger partial charge on any atom is 0.260 e. The molecule has 3 aromatic carbocycles. The van der Waals surface area contributed by atoms with E-state index in [0.29, 0.717) is 5.92 Å². The first kappa shape index (κ1) is 13.7. The van der Waals surface area contributed by atoms with Crippen LogP contribution in [-0.4, -0.2) is 6.71 Å². The van der Waals surface area contributed by atoms with Gasteiger partial charge in [0.25, 0.3) is 6.71 Å². The molecule has 0 fully saturated rings. The van der Waals surface area contributed by atoms with E-state index in [1.807, 2.05) is 18.2 Å². The van der Waals surface area contributed by atoms with Gasteiger partial charge in [-0.2, -0.15) is 0 Å². The smallest absolute Gasteiger partial charge is 0.260 e. The Kier molecular flexibility index (Phi) is 2.81. The first-order valence-electron chi connectivity index (χ1n) is 8.44. The second kappa shape index (κ2) is 4.91. The first-order chi connectivity index (χ1) is 11.7. The van der Waals surface area contributed by atoms with Crippen LogP contribution in [0.3, 0.4) is 0 Å². The quantitative estimate of drug-likeness (QED) is 0.441. The highest BCUT2D eigenvalue weighted by Gasteiger charge is 2.40. The third-order valence-corrected chi connectivity index (χ3v) is 4.99. The molecule has 0 aromatic heterocycles. The maximum absolute atomic E-state index is 6.35. The third-order valence-electron chi connectivity index (χ3n) is 4.99. The number of ether oxygens (including phenoxy) is 2. The van der Waals surface area contributed by atoms with Gasteiger partial charge in [-0.3, -0.25) is 0 Å². The van der Waals surface area contributed by atoms with E-state index in [2.05, 4.69) is 56.3 Å². The van der Waals surface area contributed by atoms with Gasteiger partial charge in [-0.25, -0.2) is 0 Å². The second-order valence-corrected chi connectivity index (χ2v) is 6.76. The van der Waals surface area contributed by atoms with Crippen molar-refractivity contribution < 1.29 is 9.47 Å². The second-order valence-electron chi connectivity index (χ2n) is 6.76. The molecule has 0 atom stereocenters. The number of fused-ring (bicyclic) bond motifs is 4. The van der Waals surface area contributed by atoms with Crippen molar-refractivity contribution in [3.8, 4) is 23.0 Å². The fraction of sp³-hybridized carbons (Fsp3) is 0.143. The standard InChI is InChI=1S/C21H17BO2/c1-13(2)14-11-12-19-20-21(14)24-18-10-6-4-8-16(18)22(20)15-7-3-5-9-17(15)23-19/h3-13H,1-2H3. The minimum absolute atomic E-state index is 0.170. The van der Waals surface area contributed by atoms with Gasteiger partial charge < -0.3 is 9.47 Å². The van der Waals surface area contributed by atoms with Gasteiger partial charge in [0.2, 0.25) is 0 Å². The number of para-hydroxylation sites is 2. The lowest BCUT2D eigenvalue weighted by Gasteiger charge is -2.34. The highest BCUT2D eigenvalue weighted by Crippen LogP contribution is 2.38. The van der Waals surface area contributed by atoms with E-state index in [-0.39, 0.29) is 6.71 Å². The van der Waals surface area contributed by atoms with Gasteiger partial charge >= 0.3 is 0 Å². The highest BCUT2D eigenvalue weighted by atomic mass is 16.5. The van der Waals surface area contributed by atoms with Crippen LogP contribution in [0.15, 0.2) is 60.7 Å². The predicted octanol–water partition coefficient (Wildman–Crippen LogP) is 3.54. The van der Waals surface area contributed by atoms with Crippen molar-refractivity contribution in [2.75, 3.05) is 0 Å². The van der Waals surface area contributed by atoms with Crippen LogP contribution in [0.4, 0.5) is 0 Å². The summed E-state index contributed by atoms with van der Waals surface area (Å²) in [5.74, 6) is 4.17. The van der Waals surface area contributed by atoms with E-state index in [4.69, 9.17) is 9.47 Å². The Balaban J connectivity index is 1.86. The zero-order valence-corrected chi connectivity index (χ0v) is 13.7. The largest absolute Gasteiger partial charge is 0.458 e. The summed E-state index contributed by atoms with van der Waals surface area (Å²) in [5, 5.41) is 0. The van der Waals surface area contributed by atoms with Crippen molar-refractivity contribution in [2.45, 2.75) is 19.8 Å². The monoisotopic (exact) mass is 312 g/mol. The van der Waals surface area contributed by atoms with Crippen LogP contribution in [0.1, 0.15) is 25.3 Å². The molecule has 2 aliphatic heterocycles. The summed E-state index contributed by atoms with van der Waals surface area (Å²) >= 11 is 0. The van der Waals surface area contributed by atoms with Crippen LogP contribution in [0.5, 0.6) is 23.0 Å². The molecule has 5 rings (SSSR count). The minimum Gasteiger partial charge on any atom is -0.458 e. The molecule has 0 bridgehead atoms. The average Bonchev–Trinajstić information content (AvgIpc) is 2.61. The number of rotatable bonds is 1. The predicted molar refractivity (Wildman–Crippen MR) is 98.2 cm³/mol. The molecule has 3 aromatic rings. The average molecular weight is 312 g/mol. The molecular weight excluding hydrogens is 295 g/mol. The van der Waals surface area contributed by atoms with Crippen molar-refractivity contribution in [2.24, 2.45) is 0 Å². The number of hydrogen-bond acceptors (Lipinski definition) is 2. The molecule has 24 heavy (non-hydrogen) atoms. The zero-order valence-electron chi connectivity index (χ0n) is 13.7. The molecular formula is C21H17BO2. The van der Waals surface area contributed by atoms with Gasteiger partial charge in [0.15, 0.2) is 0 Å². The lowest BCUT2D eigenvalue weighted by Crippen LogP contribution is -2.57. The molecule has 2 heterocycles. The Morgan fingerprint density at radius 3 is 2.00 bits per heavy atom. The summed E-state index contributed by atoms with van der Waals surface area (Å²) < 4.78 is 12.5. The topological polar surface area (TPSA) is 18.5 Å². The van der Waals surface area contributed by atoms with Crippen molar-refractivity contribution >= 4 is 23.1 Å². The molecule has 0 saturated carbocycles. The van der Waals surface area contributed by atoms with Gasteiger partial charge in [0, 0.05) is 5.46 Å². The van der Waals surface area contributed by atoms with E-state index in [1.54, 1.807) is 0 Å². The van der Waals surface area contributed by atoms with E-state index < -0.39 is 0 Å². The van der Waals surface area contributed by atoms with Crippen molar-refractivity contribution in [3.63, 3.8) is 0 Å². The van der Waals surface area contributed by atoms with Gasteiger partial charge in [0.1, 0.15) is 23.0 Å². The maximum atomic E-state index is 6.35. The van der Waals surface area contributed by atoms with E-state index in [1.165, 1.54) is 22.0 Å². The van der Waals surface area contributed by atoms with E-state index in [0.717, 1.165) is 23.0 Å². The van der Waals surface area contributed by atoms with Crippen LogP contribution in [-0.2, 0) is 0 Å². The lowest BCUT2D eigenvalue weighted by atomic mass is 9.34. The van der Waals surface area contributed by atoms with Gasteiger partial charge in [-0.1, -0.05) is 56.3 Å². The van der Waals surface area contributed by atoms with Crippen LogP contribution in [0, 0.1) is 0 Å². The van der Waals surface area contributed by atoms with Crippen molar-refractivity contribution in [1.29, 1.82) is 0 Å². The third kappa shape index (κ3) is 1.78. The van der Waals surface area contributed by atoms with Gasteiger partial charge in [-0.05, 0) is 40.6 Å². The van der Waals surface area contributed by atoms with Crippen LogP contribution in [0.2, 0.25) is 0 Å². The summed E-state index contributed by atoms with van der Waals surface area (Å²) in [6, 6.07) is 20.9. The molecule has 116 valence electrons. The number of hydrogen-bond donors (Lipinski definition) is 0. The summed E-state index contributed by atoms with van der Waals surface area (Å²) in [5.41, 5.74) is 4.82. The van der Waals surface area contributed by atoms with Crippen molar-refractivity contribution in [3.05, 3.63) is 66.2 Å². The Labute approximate surface area is 142 Å².